The number of hydrogen-bond acceptors (Lipinski definition) is 5. The van der Waals surface area contributed by atoms with Gasteiger partial charge in [-0.1, -0.05) is 12.1 Å². The third-order valence-corrected chi connectivity index (χ3v) is 3.35. The molecule has 0 aliphatic carbocycles. The van der Waals surface area contributed by atoms with E-state index in [9.17, 15) is 9.59 Å². The molecule has 0 unspecified atom stereocenters. The average molecular weight is 347 g/mol. The number of rotatable bonds is 6. The first kappa shape index (κ1) is 20.3. The minimum absolute atomic E-state index is 0.189. The number of para-hydroxylation sites is 1. The van der Waals surface area contributed by atoms with Gasteiger partial charge in [0.05, 0.1) is 5.56 Å². The van der Waals surface area contributed by atoms with Crippen molar-refractivity contribution in [3.05, 3.63) is 29.8 Å². The molecule has 0 bridgehead atoms. The lowest BCUT2D eigenvalue weighted by atomic mass is 10.2. The van der Waals surface area contributed by atoms with Gasteiger partial charge < -0.3 is 19.7 Å². The molecule has 7 nitrogen and oxygen atoms in total. The Kier molecular flexibility index (Phi) is 7.24. The van der Waals surface area contributed by atoms with Crippen molar-refractivity contribution >= 4 is 12.0 Å². The first-order valence-electron chi connectivity index (χ1n) is 7.98. The van der Waals surface area contributed by atoms with Gasteiger partial charge in [0.1, 0.15) is 17.4 Å². The predicted octanol–water partition coefficient (Wildman–Crippen LogP) is 2.31. The van der Waals surface area contributed by atoms with E-state index < -0.39 is 11.7 Å². The van der Waals surface area contributed by atoms with Crippen LogP contribution in [0.1, 0.15) is 33.3 Å². The zero-order valence-electron chi connectivity index (χ0n) is 15.3. The monoisotopic (exact) mass is 347 g/mol. The minimum Gasteiger partial charge on any atom is -0.482 e. The normalized spacial score (nSPS) is 11.8. The molecule has 0 spiro atoms. The maximum Gasteiger partial charge on any atom is 0.407 e. The number of ether oxygens (including phenoxy) is 2. The summed E-state index contributed by atoms with van der Waals surface area (Å²) in [5, 5.41) is 11.6. The van der Waals surface area contributed by atoms with E-state index in [2.05, 4.69) is 5.32 Å². The van der Waals surface area contributed by atoms with E-state index in [0.717, 1.165) is 0 Å². The van der Waals surface area contributed by atoms with E-state index in [4.69, 9.17) is 14.7 Å². The summed E-state index contributed by atoms with van der Waals surface area (Å²) in [7, 11) is 1.63. The molecule has 0 fully saturated rings. The molecule has 7 heteroatoms. The van der Waals surface area contributed by atoms with Crippen molar-refractivity contribution in [1.82, 2.24) is 10.2 Å². The smallest absolute Gasteiger partial charge is 0.407 e. The van der Waals surface area contributed by atoms with Gasteiger partial charge >= 0.3 is 6.09 Å². The van der Waals surface area contributed by atoms with E-state index in [0.29, 0.717) is 11.3 Å². The topological polar surface area (TPSA) is 91.7 Å². The molecule has 1 atom stereocenters. The van der Waals surface area contributed by atoms with Crippen molar-refractivity contribution in [1.29, 1.82) is 5.26 Å². The summed E-state index contributed by atoms with van der Waals surface area (Å²) in [6.07, 6.45) is -0.528. The maximum absolute atomic E-state index is 12.2. The molecule has 1 N–H and O–H groups in total. The summed E-state index contributed by atoms with van der Waals surface area (Å²) in [6, 6.07) is 8.49. The molecule has 2 amide bonds. The molecule has 1 aromatic rings. The number of carbonyl (C=O) groups is 2. The Hall–Kier alpha value is -2.75. The first-order chi connectivity index (χ1) is 11.6. The second-order valence-corrected chi connectivity index (χ2v) is 6.63. The van der Waals surface area contributed by atoms with E-state index in [-0.39, 0.29) is 25.1 Å². The number of benzene rings is 1. The van der Waals surface area contributed by atoms with Gasteiger partial charge in [-0.3, -0.25) is 4.79 Å². The number of nitriles is 1. The Bertz CT molecular complexity index is 646. The molecule has 1 aromatic carbocycles. The molecule has 1 rings (SSSR count). The number of nitrogens with one attached hydrogen (secondary N) is 1. The largest absolute Gasteiger partial charge is 0.482 e. The summed E-state index contributed by atoms with van der Waals surface area (Å²) in [4.78, 5) is 25.3. The van der Waals surface area contributed by atoms with Crippen molar-refractivity contribution in [3.63, 3.8) is 0 Å². The zero-order valence-corrected chi connectivity index (χ0v) is 15.3. The first-order valence-corrected chi connectivity index (χ1v) is 7.98. The fourth-order valence-electron chi connectivity index (χ4n) is 1.85. The third-order valence-electron chi connectivity index (χ3n) is 3.35. The lowest BCUT2D eigenvalue weighted by molar-refractivity contribution is -0.133. The molecule has 0 aliphatic heterocycles. The van der Waals surface area contributed by atoms with Crippen molar-refractivity contribution in [3.8, 4) is 11.8 Å². The van der Waals surface area contributed by atoms with Crippen LogP contribution in [-0.2, 0) is 9.53 Å². The third kappa shape index (κ3) is 7.12. The fourth-order valence-corrected chi connectivity index (χ4v) is 1.85. The van der Waals surface area contributed by atoms with Crippen LogP contribution in [0.4, 0.5) is 4.79 Å². The van der Waals surface area contributed by atoms with Crippen molar-refractivity contribution in [2.24, 2.45) is 0 Å². The van der Waals surface area contributed by atoms with Gasteiger partial charge in [0.2, 0.25) is 0 Å². The average Bonchev–Trinajstić information content (AvgIpc) is 2.55. The molecule has 136 valence electrons. The van der Waals surface area contributed by atoms with Crippen LogP contribution in [0.2, 0.25) is 0 Å². The molecule has 0 aromatic heterocycles. The van der Waals surface area contributed by atoms with Crippen LogP contribution in [0, 0.1) is 11.3 Å². The lowest BCUT2D eigenvalue weighted by Crippen LogP contribution is -2.45. The van der Waals surface area contributed by atoms with E-state index in [1.165, 1.54) is 4.90 Å². The van der Waals surface area contributed by atoms with Gasteiger partial charge in [0.25, 0.3) is 5.91 Å². The molecular weight excluding hydrogens is 322 g/mol. The quantitative estimate of drug-likeness (QED) is 0.852. The van der Waals surface area contributed by atoms with Crippen molar-refractivity contribution in [2.45, 2.75) is 39.3 Å². The Morgan fingerprint density at radius 1 is 1.32 bits per heavy atom. The van der Waals surface area contributed by atoms with Crippen LogP contribution in [0.15, 0.2) is 24.3 Å². The Balaban J connectivity index is 2.47. The van der Waals surface area contributed by atoms with Crippen LogP contribution < -0.4 is 10.1 Å². The summed E-state index contributed by atoms with van der Waals surface area (Å²) < 4.78 is 10.6. The van der Waals surface area contributed by atoms with E-state index in [1.54, 1.807) is 59.0 Å². The van der Waals surface area contributed by atoms with E-state index >= 15 is 0 Å². The highest BCUT2D eigenvalue weighted by Crippen LogP contribution is 2.16. The summed E-state index contributed by atoms with van der Waals surface area (Å²) >= 11 is 0. The van der Waals surface area contributed by atoms with Crippen LogP contribution in [-0.4, -0.2) is 48.7 Å². The molecule has 0 heterocycles. The van der Waals surface area contributed by atoms with Crippen molar-refractivity contribution in [2.75, 3.05) is 20.2 Å². The Morgan fingerprint density at radius 2 is 1.96 bits per heavy atom. The van der Waals surface area contributed by atoms with E-state index in [1.807, 2.05) is 6.07 Å². The number of carbonyl (C=O) groups excluding carboxylic acids is 2. The van der Waals surface area contributed by atoms with Crippen LogP contribution in [0.3, 0.4) is 0 Å². The summed E-state index contributed by atoms with van der Waals surface area (Å²) in [6.45, 7) is 7.21. The second kappa shape index (κ2) is 8.92. The van der Waals surface area contributed by atoms with Crippen LogP contribution in [0.5, 0.6) is 5.75 Å². The number of hydrogen-bond donors (Lipinski definition) is 1. The molecule has 0 radical (unpaired) electrons. The predicted molar refractivity (Wildman–Crippen MR) is 93.1 cm³/mol. The number of likely N-dealkylation sites (N-methyl/N-ethyl adjacent to an activating group) is 1. The van der Waals surface area contributed by atoms with Crippen molar-refractivity contribution < 1.29 is 19.1 Å². The highest BCUT2D eigenvalue weighted by Gasteiger charge is 2.20. The Labute approximate surface area is 148 Å². The highest BCUT2D eigenvalue weighted by molar-refractivity contribution is 5.78. The Morgan fingerprint density at radius 3 is 2.56 bits per heavy atom. The number of alkyl carbamates (subject to hydrolysis) is 1. The van der Waals surface area contributed by atoms with Gasteiger partial charge in [0.15, 0.2) is 6.61 Å². The maximum atomic E-state index is 12.2. The van der Waals surface area contributed by atoms with Crippen LogP contribution >= 0.6 is 0 Å². The van der Waals surface area contributed by atoms with Crippen LogP contribution in [0.25, 0.3) is 0 Å². The van der Waals surface area contributed by atoms with Gasteiger partial charge in [-0.15, -0.1) is 0 Å². The SMILES string of the molecule is C[C@@H](CNC(=O)OC(C)(C)C)N(C)C(=O)COc1ccccc1C#N. The minimum atomic E-state index is -0.572. The molecule has 0 aliphatic rings. The summed E-state index contributed by atoms with van der Waals surface area (Å²) in [5.74, 6) is 0.109. The van der Waals surface area contributed by atoms with Gasteiger partial charge in [-0.25, -0.2) is 4.79 Å². The molecule has 0 saturated heterocycles. The van der Waals surface area contributed by atoms with Gasteiger partial charge in [-0.2, -0.15) is 5.26 Å². The zero-order chi connectivity index (χ0) is 19.0. The standard InChI is InChI=1S/C18H25N3O4/c1-13(11-20-17(23)25-18(2,3)4)21(5)16(22)12-24-15-9-7-6-8-14(15)10-19/h6-9,13H,11-12H2,1-5H3,(H,20,23)/t13-/m0/s1. The van der Waals surface area contributed by atoms with Gasteiger partial charge in [-0.05, 0) is 39.8 Å². The number of nitrogens with zero attached hydrogens (tertiary/aromatic N) is 2. The highest BCUT2D eigenvalue weighted by atomic mass is 16.6. The molecular formula is C18H25N3O4. The molecule has 0 saturated carbocycles. The second-order valence-electron chi connectivity index (χ2n) is 6.63. The fraction of sp³-hybridized carbons (Fsp3) is 0.500. The number of amides is 2. The van der Waals surface area contributed by atoms with Gasteiger partial charge in [0, 0.05) is 19.6 Å². The molecule has 25 heavy (non-hydrogen) atoms. The summed E-state index contributed by atoms with van der Waals surface area (Å²) in [5.41, 5.74) is -0.200. The lowest BCUT2D eigenvalue weighted by Gasteiger charge is -2.26.